The van der Waals surface area contributed by atoms with Crippen LogP contribution in [0.5, 0.6) is 0 Å². The highest BCUT2D eigenvalue weighted by atomic mass is 35.5. The van der Waals surface area contributed by atoms with Gasteiger partial charge in [-0.05, 0) is 93.6 Å². The molecule has 8 aromatic rings. The number of hydrogen-bond acceptors (Lipinski definition) is 16. The summed E-state index contributed by atoms with van der Waals surface area (Å²) in [5, 5.41) is 30.2. The second-order valence-electron chi connectivity index (χ2n) is 18.1. The van der Waals surface area contributed by atoms with Gasteiger partial charge in [0.2, 0.25) is 0 Å². The maximum atomic E-state index is 13.7. The van der Waals surface area contributed by atoms with E-state index in [0.29, 0.717) is 63.1 Å². The van der Waals surface area contributed by atoms with Gasteiger partial charge < -0.3 is 40.2 Å². The number of methoxy groups -OCH3 is 1. The zero-order valence-corrected chi connectivity index (χ0v) is 56.7. The Morgan fingerprint density at radius 3 is 1.38 bits per heavy atom. The Hall–Kier alpha value is -5.24. The van der Waals surface area contributed by atoms with E-state index in [1.165, 1.54) is 80.3 Å². The summed E-state index contributed by atoms with van der Waals surface area (Å²) in [6, 6.07) is 16.9. The first-order chi connectivity index (χ1) is 40.9. The van der Waals surface area contributed by atoms with Crippen molar-refractivity contribution >= 4 is 198 Å². The average molecular weight is 1470 g/mol. The van der Waals surface area contributed by atoms with Crippen molar-refractivity contribution in [1.29, 1.82) is 0 Å². The molecule has 0 atom stereocenters. The van der Waals surface area contributed by atoms with Gasteiger partial charge in [0.1, 0.15) is 43.0 Å². The summed E-state index contributed by atoms with van der Waals surface area (Å²) in [6.45, 7) is 5.44. The van der Waals surface area contributed by atoms with Crippen molar-refractivity contribution < 1.29 is 47.8 Å². The van der Waals surface area contributed by atoms with E-state index in [1.807, 2.05) is 58.8 Å². The molecule has 0 aliphatic rings. The van der Waals surface area contributed by atoms with E-state index in [-0.39, 0.29) is 60.2 Å². The first-order valence-electron chi connectivity index (χ1n) is 24.0. The van der Waals surface area contributed by atoms with Gasteiger partial charge in [0.15, 0.2) is 0 Å². The summed E-state index contributed by atoms with van der Waals surface area (Å²) < 4.78 is 36.0. The fourth-order valence-electron chi connectivity index (χ4n) is 5.79. The molecule has 0 fully saturated rings. The van der Waals surface area contributed by atoms with Crippen LogP contribution in [-0.4, -0.2) is 111 Å². The molecule has 0 aliphatic heterocycles. The number of carboxylic acids is 1. The van der Waals surface area contributed by atoms with Crippen LogP contribution in [0.4, 0.5) is 25.8 Å². The van der Waals surface area contributed by atoms with Crippen LogP contribution in [0.3, 0.4) is 0 Å². The molecule has 0 spiro atoms. The second kappa shape index (κ2) is 38.5. The van der Waals surface area contributed by atoms with Gasteiger partial charge in [-0.3, -0.25) is 9.78 Å². The Balaban J connectivity index is 0.000000354. The first-order valence-corrected chi connectivity index (χ1v) is 29.0. The highest BCUT2D eigenvalue weighted by Crippen LogP contribution is 2.31. The Bertz CT molecular complexity index is 3660. The van der Waals surface area contributed by atoms with Gasteiger partial charge >= 0.3 is 25.0 Å². The molecule has 2 aromatic carbocycles. The Morgan fingerprint density at radius 1 is 0.545 bits per heavy atom. The van der Waals surface area contributed by atoms with E-state index in [1.54, 1.807) is 24.5 Å². The lowest BCUT2D eigenvalue weighted by Crippen LogP contribution is -2.32. The molecule has 8 rings (SSSR count). The molecule has 0 radical (unpaired) electrons. The van der Waals surface area contributed by atoms with Crippen LogP contribution >= 0.6 is 151 Å². The topological polar surface area (TPSA) is 240 Å². The number of hydrogen-bond donors (Lipinski definition) is 4. The highest BCUT2D eigenvalue weighted by Gasteiger charge is 2.19. The molecule has 0 aliphatic carbocycles. The minimum atomic E-state index is -1.81. The number of nitrogens with zero attached hydrogens (tertiary/aromatic N) is 8. The monoisotopic (exact) mass is 1470 g/mol. The number of esters is 2. The number of carbonyl (C=O) groups excluding carboxylic acids is 2. The van der Waals surface area contributed by atoms with Crippen LogP contribution in [0.25, 0.3) is 11.3 Å². The fraction of sp³-hybridized carbons (Fsp3) is 0.182. The maximum absolute atomic E-state index is 13.7. The van der Waals surface area contributed by atoms with Crippen LogP contribution in [0.15, 0.2) is 110 Å². The number of pyridine rings is 6. The molecular weight excluding hydrogens is 1420 g/mol. The van der Waals surface area contributed by atoms with Gasteiger partial charge in [-0.1, -0.05) is 151 Å². The number of carboxylic acid groups (broad SMARTS) is 1. The number of aromatic nitrogens is 6. The van der Waals surface area contributed by atoms with Crippen LogP contribution in [0.2, 0.25) is 65.9 Å². The fourth-order valence-corrected chi connectivity index (χ4v) is 8.68. The number of anilines is 3. The summed E-state index contributed by atoms with van der Waals surface area (Å²) >= 11 is 73.7. The van der Waals surface area contributed by atoms with Crippen molar-refractivity contribution in [3.05, 3.63) is 204 Å². The molecule has 5 N–H and O–H groups in total. The molecule has 88 heavy (non-hydrogen) atoms. The third-order valence-corrected chi connectivity index (χ3v) is 13.2. The Kier molecular flexibility index (Phi) is 34.5. The second-order valence-corrected chi connectivity index (χ2v) is 23.3. The van der Waals surface area contributed by atoms with Gasteiger partial charge in [0.05, 0.1) is 91.1 Å². The number of rotatable bonds is 8. The first kappa shape index (κ1) is 78.9. The third kappa shape index (κ3) is 28.7. The minimum Gasteiger partial charge on any atom is -0.478 e. The zero-order chi connectivity index (χ0) is 66.9. The van der Waals surface area contributed by atoms with Crippen molar-refractivity contribution in [2.45, 2.75) is 32.8 Å². The number of ether oxygens (including phenoxy) is 2. The third-order valence-electron chi connectivity index (χ3n) is 9.81. The Labute approximate surface area is 570 Å². The number of aromatic carboxylic acids is 1. The highest BCUT2D eigenvalue weighted by molar-refractivity contribution is 6.59. The SMILES string of the molecule is CC(C)(C)OC(=O)Cc1cnc(Cl)cc1Cl.CN(C)c1cnc(-c2cc(Cl)ccc2F)cc1Cl.CN(C)c1cnc(Cl)cc1Cl.COC(=O)c1cnc(Cl)cc1Cl.Nc1cnc(Cl)cc1Cl.O=C(O)c1cnc(Cl)cc1Cl.OB(O)c1cc(Cl)ccc1F. The number of halogens is 15. The van der Waals surface area contributed by atoms with Gasteiger partial charge in [-0.2, -0.15) is 0 Å². The van der Waals surface area contributed by atoms with E-state index in [4.69, 9.17) is 176 Å². The van der Waals surface area contributed by atoms with Crippen molar-refractivity contribution in [3.63, 3.8) is 0 Å². The standard InChI is InChI=1S/C13H11Cl2FN2.C11H13Cl2NO2.C7H8Cl2N2.C7H5Cl2NO2.C6H5BClFO2.C6H3Cl2NO2.C5H4Cl2N2/c1-18(2)13-7-17-12(6-10(13)15)9-5-8(14)3-4-11(9)16;1-11(2,3)16-10(15)4-7-6-14-9(13)5-8(7)12;1-11(2)6-4-10-7(9)3-5(6)8;1-12-7(11)4-3-10-6(9)2-5(4)8;8-4-1-2-6(9)5(3-4)7(10)11;7-4-1-5(8)9-2-3(4)6(10)11;6-3-1-5(7)9-2-4(3)8/h3-7H,1-2H3;5-6H,4H2,1-3H3;3-4H,1-2H3;2-3H,1H3;1-3,10-11H;1-2H,(H,10,11);1-2H,8H2. The molecule has 17 nitrogen and oxygen atoms in total. The smallest absolute Gasteiger partial charge is 0.478 e. The normalized spacial score (nSPS) is 10.1. The summed E-state index contributed by atoms with van der Waals surface area (Å²) in [7, 11) is 6.99. The quantitative estimate of drug-likeness (QED) is 0.0628. The van der Waals surface area contributed by atoms with Gasteiger partial charge in [-0.15, -0.1) is 0 Å². The molecular formula is C55H49BCl13F2N9O8. The van der Waals surface area contributed by atoms with Crippen molar-refractivity contribution in [1.82, 2.24) is 29.9 Å². The van der Waals surface area contributed by atoms with Crippen molar-refractivity contribution in [3.8, 4) is 11.3 Å². The molecule has 33 heteroatoms. The van der Waals surface area contributed by atoms with Crippen LogP contribution in [0.1, 0.15) is 47.1 Å². The number of benzene rings is 2. The van der Waals surface area contributed by atoms with Gasteiger partial charge in [0.25, 0.3) is 0 Å². The lowest BCUT2D eigenvalue weighted by atomic mass is 9.80. The van der Waals surface area contributed by atoms with Crippen LogP contribution in [-0.2, 0) is 20.7 Å². The van der Waals surface area contributed by atoms with Crippen LogP contribution in [0, 0.1) is 11.6 Å². The molecule has 0 amide bonds. The summed E-state index contributed by atoms with van der Waals surface area (Å²) in [5.41, 5.74) is 8.31. The van der Waals surface area contributed by atoms with Crippen molar-refractivity contribution in [2.24, 2.45) is 0 Å². The molecule has 0 saturated heterocycles. The van der Waals surface area contributed by atoms with E-state index in [2.05, 4.69) is 34.6 Å². The van der Waals surface area contributed by atoms with Gasteiger partial charge in [0, 0.05) is 78.4 Å². The van der Waals surface area contributed by atoms with E-state index >= 15 is 0 Å². The van der Waals surface area contributed by atoms with E-state index in [0.717, 1.165) is 23.6 Å². The lowest BCUT2D eigenvalue weighted by Gasteiger charge is -2.19. The summed E-state index contributed by atoms with van der Waals surface area (Å²) in [4.78, 5) is 59.5. The summed E-state index contributed by atoms with van der Waals surface area (Å²) in [5.74, 6) is -3.02. The van der Waals surface area contributed by atoms with E-state index in [9.17, 15) is 23.2 Å². The summed E-state index contributed by atoms with van der Waals surface area (Å²) in [6.07, 6.45) is 8.64. The number of nitrogen functional groups attached to an aromatic ring is 1. The number of nitrogens with two attached hydrogens (primary N) is 1. The molecule has 0 bridgehead atoms. The largest absolute Gasteiger partial charge is 0.491 e. The minimum absolute atomic E-state index is 0.0453. The molecule has 6 aromatic heterocycles. The molecule has 6 heterocycles. The van der Waals surface area contributed by atoms with E-state index < -0.39 is 30.5 Å². The Morgan fingerprint density at radius 2 is 0.966 bits per heavy atom. The zero-order valence-electron chi connectivity index (χ0n) is 46.9. The average Bonchev–Trinajstić information content (AvgIpc) is 3.60. The molecule has 470 valence electrons. The molecule has 0 saturated carbocycles. The number of carbonyl (C=O) groups is 3. The van der Waals surface area contributed by atoms with Gasteiger partial charge in [-0.25, -0.2) is 43.3 Å². The maximum Gasteiger partial charge on any atom is 0.491 e. The molecule has 0 unspecified atom stereocenters. The predicted molar refractivity (Wildman–Crippen MR) is 353 cm³/mol. The predicted octanol–water partition coefficient (Wildman–Crippen LogP) is 16.4. The van der Waals surface area contributed by atoms with Crippen molar-refractivity contribution in [2.75, 3.05) is 50.8 Å². The van der Waals surface area contributed by atoms with Crippen LogP contribution < -0.4 is 21.0 Å². The lowest BCUT2D eigenvalue weighted by molar-refractivity contribution is -0.153.